The van der Waals surface area contributed by atoms with Gasteiger partial charge in [-0.2, -0.15) is 0 Å². The number of hydrogen-bond acceptors (Lipinski definition) is 6. The zero-order valence-corrected chi connectivity index (χ0v) is 15.7. The summed E-state index contributed by atoms with van der Waals surface area (Å²) in [5, 5.41) is 10.3. The fourth-order valence-corrected chi connectivity index (χ4v) is 3.83. The number of morpholine rings is 1. The number of furan rings is 1. The number of ether oxygens (including phenoxy) is 1. The first-order chi connectivity index (χ1) is 12.9. The van der Waals surface area contributed by atoms with E-state index >= 15 is 0 Å². The molecule has 0 spiro atoms. The number of aliphatic hydroxyl groups excluding tert-OH is 1. The van der Waals surface area contributed by atoms with E-state index in [0.29, 0.717) is 18.9 Å². The molecule has 0 aliphatic carbocycles. The average molecular weight is 394 g/mol. The third kappa shape index (κ3) is 4.38. The van der Waals surface area contributed by atoms with Crippen molar-refractivity contribution in [1.29, 1.82) is 0 Å². The predicted molar refractivity (Wildman–Crippen MR) is 96.6 cm³/mol. The van der Waals surface area contributed by atoms with E-state index < -0.39 is 16.1 Å². The van der Waals surface area contributed by atoms with Crippen LogP contribution in [-0.2, 0) is 14.8 Å². The standard InChI is InChI=1S/C18H22N2O6S/c1-19-27(23,24)15-5-2-4-13(10-15)18(22)20-7-9-25-12-14(20)11-16(21)17-6-3-8-26-17/h2-6,8,10,14,16,19,21H,7,9,11-12H2,1H3/t14-,16+/m1/s1. The average Bonchev–Trinajstić information content (AvgIpc) is 3.23. The molecule has 0 saturated carbocycles. The molecule has 146 valence electrons. The van der Waals surface area contributed by atoms with Crippen LogP contribution >= 0.6 is 0 Å². The topological polar surface area (TPSA) is 109 Å². The van der Waals surface area contributed by atoms with Gasteiger partial charge in [0.15, 0.2) is 0 Å². The van der Waals surface area contributed by atoms with Crippen molar-refractivity contribution in [1.82, 2.24) is 9.62 Å². The van der Waals surface area contributed by atoms with E-state index in [1.807, 2.05) is 0 Å². The molecule has 0 unspecified atom stereocenters. The van der Waals surface area contributed by atoms with Crippen molar-refractivity contribution in [2.75, 3.05) is 26.8 Å². The number of nitrogens with one attached hydrogen (secondary N) is 1. The van der Waals surface area contributed by atoms with E-state index in [4.69, 9.17) is 9.15 Å². The Bertz CT molecular complexity index is 881. The van der Waals surface area contributed by atoms with Crippen molar-refractivity contribution >= 4 is 15.9 Å². The van der Waals surface area contributed by atoms with Crippen LogP contribution in [-0.4, -0.2) is 57.2 Å². The molecule has 1 aliphatic heterocycles. The SMILES string of the molecule is CNS(=O)(=O)c1cccc(C(=O)N2CCOC[C@H]2C[C@H](O)c2ccco2)c1. The maximum Gasteiger partial charge on any atom is 0.254 e. The molecule has 2 aromatic rings. The molecule has 2 N–H and O–H groups in total. The number of nitrogens with zero attached hydrogens (tertiary/aromatic N) is 1. The molecule has 3 rings (SSSR count). The highest BCUT2D eigenvalue weighted by atomic mass is 32.2. The Hall–Kier alpha value is -2.20. The Balaban J connectivity index is 1.80. The summed E-state index contributed by atoms with van der Waals surface area (Å²) in [6.45, 7) is 1.03. The van der Waals surface area contributed by atoms with Crippen molar-refractivity contribution < 1.29 is 27.5 Å². The zero-order chi connectivity index (χ0) is 19.4. The molecule has 9 heteroatoms. The van der Waals surface area contributed by atoms with E-state index in [2.05, 4.69) is 4.72 Å². The van der Waals surface area contributed by atoms with Crippen LogP contribution in [0, 0.1) is 0 Å². The zero-order valence-electron chi connectivity index (χ0n) is 14.9. The Morgan fingerprint density at radius 3 is 2.89 bits per heavy atom. The largest absolute Gasteiger partial charge is 0.467 e. The van der Waals surface area contributed by atoms with E-state index in [1.165, 1.54) is 31.5 Å². The van der Waals surface area contributed by atoms with Crippen molar-refractivity contribution in [3.8, 4) is 0 Å². The molecule has 1 saturated heterocycles. The van der Waals surface area contributed by atoms with Gasteiger partial charge in [0.05, 0.1) is 30.4 Å². The van der Waals surface area contributed by atoms with Crippen LogP contribution in [0.15, 0.2) is 52.0 Å². The van der Waals surface area contributed by atoms with Crippen LogP contribution in [0.25, 0.3) is 0 Å². The van der Waals surface area contributed by atoms with Gasteiger partial charge < -0.3 is 19.2 Å². The summed E-state index contributed by atoms with van der Waals surface area (Å²) in [7, 11) is -2.33. The van der Waals surface area contributed by atoms with Gasteiger partial charge in [0.1, 0.15) is 11.9 Å². The van der Waals surface area contributed by atoms with Crippen molar-refractivity contribution in [2.24, 2.45) is 0 Å². The molecule has 0 bridgehead atoms. The second-order valence-corrected chi connectivity index (χ2v) is 8.12. The first kappa shape index (κ1) is 19.6. The molecule has 1 amide bonds. The first-order valence-electron chi connectivity index (χ1n) is 8.56. The number of amides is 1. The summed E-state index contributed by atoms with van der Waals surface area (Å²) in [5.41, 5.74) is 0.269. The quantitative estimate of drug-likeness (QED) is 0.761. The summed E-state index contributed by atoms with van der Waals surface area (Å²) in [6.07, 6.45) is 0.873. The Morgan fingerprint density at radius 2 is 2.19 bits per heavy atom. The molecule has 1 aliphatic rings. The fraction of sp³-hybridized carbons (Fsp3) is 0.389. The normalized spacial score (nSPS) is 19.0. The highest BCUT2D eigenvalue weighted by Crippen LogP contribution is 2.24. The van der Waals surface area contributed by atoms with Gasteiger partial charge in [0.25, 0.3) is 5.91 Å². The minimum Gasteiger partial charge on any atom is -0.467 e. The van der Waals surface area contributed by atoms with Gasteiger partial charge in [-0.15, -0.1) is 0 Å². The Labute approximate surface area is 157 Å². The van der Waals surface area contributed by atoms with Gasteiger partial charge in [-0.3, -0.25) is 4.79 Å². The number of carbonyl (C=O) groups is 1. The van der Waals surface area contributed by atoms with Crippen LogP contribution in [0.1, 0.15) is 28.6 Å². The Kier molecular flexibility index (Phi) is 5.95. The Morgan fingerprint density at radius 1 is 1.37 bits per heavy atom. The number of hydrogen-bond donors (Lipinski definition) is 2. The molecular weight excluding hydrogens is 372 g/mol. The number of aliphatic hydroxyl groups is 1. The highest BCUT2D eigenvalue weighted by molar-refractivity contribution is 7.89. The summed E-state index contributed by atoms with van der Waals surface area (Å²) >= 11 is 0. The molecule has 0 radical (unpaired) electrons. The number of carbonyl (C=O) groups excluding carboxylic acids is 1. The molecule has 2 atom stereocenters. The van der Waals surface area contributed by atoms with E-state index in [9.17, 15) is 18.3 Å². The lowest BCUT2D eigenvalue weighted by Crippen LogP contribution is -2.49. The number of sulfonamides is 1. The number of rotatable bonds is 6. The van der Waals surface area contributed by atoms with E-state index in [1.54, 1.807) is 23.1 Å². The second-order valence-electron chi connectivity index (χ2n) is 6.23. The molecule has 1 aromatic carbocycles. The minimum atomic E-state index is -3.64. The second kappa shape index (κ2) is 8.22. The van der Waals surface area contributed by atoms with Crippen LogP contribution in [0.3, 0.4) is 0 Å². The third-order valence-electron chi connectivity index (χ3n) is 4.52. The van der Waals surface area contributed by atoms with Gasteiger partial charge >= 0.3 is 0 Å². The monoisotopic (exact) mass is 394 g/mol. The first-order valence-corrected chi connectivity index (χ1v) is 10.0. The van der Waals surface area contributed by atoms with Crippen molar-refractivity contribution in [3.05, 3.63) is 54.0 Å². The number of benzene rings is 1. The maximum atomic E-state index is 13.0. The highest BCUT2D eigenvalue weighted by Gasteiger charge is 2.31. The van der Waals surface area contributed by atoms with Crippen LogP contribution in [0.4, 0.5) is 0 Å². The van der Waals surface area contributed by atoms with Gasteiger partial charge in [-0.1, -0.05) is 6.07 Å². The smallest absolute Gasteiger partial charge is 0.254 e. The van der Waals surface area contributed by atoms with E-state index in [0.717, 1.165) is 0 Å². The molecule has 8 nitrogen and oxygen atoms in total. The lowest BCUT2D eigenvalue weighted by atomic mass is 10.0. The predicted octanol–water partition coefficient (Wildman–Crippen LogP) is 1.15. The minimum absolute atomic E-state index is 0.0243. The van der Waals surface area contributed by atoms with E-state index in [-0.39, 0.29) is 35.4 Å². The van der Waals surface area contributed by atoms with Gasteiger partial charge in [-0.05, 0) is 37.4 Å². The van der Waals surface area contributed by atoms with Crippen LogP contribution < -0.4 is 4.72 Å². The molecule has 2 heterocycles. The van der Waals surface area contributed by atoms with Crippen LogP contribution in [0.2, 0.25) is 0 Å². The maximum absolute atomic E-state index is 13.0. The third-order valence-corrected chi connectivity index (χ3v) is 5.93. The molecular formula is C18H22N2O6S. The van der Waals surface area contributed by atoms with Gasteiger partial charge in [0.2, 0.25) is 10.0 Å². The lowest BCUT2D eigenvalue weighted by Gasteiger charge is -2.36. The van der Waals surface area contributed by atoms with Crippen molar-refractivity contribution in [3.63, 3.8) is 0 Å². The summed E-state index contributed by atoms with van der Waals surface area (Å²) < 4.78 is 36.9. The van der Waals surface area contributed by atoms with Crippen LogP contribution in [0.5, 0.6) is 0 Å². The molecule has 27 heavy (non-hydrogen) atoms. The van der Waals surface area contributed by atoms with Crippen molar-refractivity contribution in [2.45, 2.75) is 23.5 Å². The summed E-state index contributed by atoms with van der Waals surface area (Å²) in [5.74, 6) is 0.123. The summed E-state index contributed by atoms with van der Waals surface area (Å²) in [6, 6.07) is 8.90. The fourth-order valence-electron chi connectivity index (χ4n) is 3.05. The van der Waals surface area contributed by atoms with Gasteiger partial charge in [-0.25, -0.2) is 13.1 Å². The van der Waals surface area contributed by atoms with Gasteiger partial charge in [0, 0.05) is 18.5 Å². The summed E-state index contributed by atoms with van der Waals surface area (Å²) in [4.78, 5) is 14.6. The molecule has 1 fully saturated rings. The molecule has 1 aromatic heterocycles. The lowest BCUT2D eigenvalue weighted by molar-refractivity contribution is -0.0195.